The highest BCUT2D eigenvalue weighted by Crippen LogP contribution is 2.21. The molecule has 148 valence electrons. The molecule has 1 atom stereocenters. The summed E-state index contributed by atoms with van der Waals surface area (Å²) in [5, 5.41) is 5.45. The van der Waals surface area contributed by atoms with Crippen LogP contribution in [0.2, 0.25) is 0 Å². The maximum absolute atomic E-state index is 12.1. The second-order valence-electron chi connectivity index (χ2n) is 6.66. The Labute approximate surface area is 170 Å². The fraction of sp³-hybridized carbons (Fsp3) is 0.167. The molecule has 0 aliphatic carbocycles. The third-order valence-electron chi connectivity index (χ3n) is 4.45. The van der Waals surface area contributed by atoms with Gasteiger partial charge in [-0.05, 0) is 35.7 Å². The van der Waals surface area contributed by atoms with Crippen molar-refractivity contribution in [2.75, 3.05) is 13.2 Å². The van der Waals surface area contributed by atoms with E-state index in [1.54, 1.807) is 12.1 Å². The zero-order valence-electron chi connectivity index (χ0n) is 16.3. The molecule has 2 amide bonds. The van der Waals surface area contributed by atoms with E-state index >= 15 is 0 Å². The van der Waals surface area contributed by atoms with Crippen molar-refractivity contribution in [3.05, 3.63) is 90.5 Å². The Morgan fingerprint density at radius 1 is 0.793 bits per heavy atom. The highest BCUT2D eigenvalue weighted by molar-refractivity contribution is 5.85. The van der Waals surface area contributed by atoms with E-state index in [0.29, 0.717) is 5.75 Å². The van der Waals surface area contributed by atoms with E-state index in [1.807, 2.05) is 67.6 Å². The summed E-state index contributed by atoms with van der Waals surface area (Å²) in [6, 6.07) is 27.1. The first-order valence-electron chi connectivity index (χ1n) is 9.51. The van der Waals surface area contributed by atoms with Crippen LogP contribution < -0.4 is 15.4 Å². The molecule has 0 saturated heterocycles. The number of para-hydroxylation sites is 1. The maximum atomic E-state index is 12.1. The van der Waals surface area contributed by atoms with Crippen LogP contribution in [0.25, 0.3) is 11.1 Å². The highest BCUT2D eigenvalue weighted by atomic mass is 16.5. The first-order chi connectivity index (χ1) is 14.1. The van der Waals surface area contributed by atoms with Gasteiger partial charge < -0.3 is 15.4 Å². The number of amides is 2. The van der Waals surface area contributed by atoms with Crippen LogP contribution in [0.4, 0.5) is 0 Å². The quantitative estimate of drug-likeness (QED) is 0.618. The third kappa shape index (κ3) is 6.21. The Morgan fingerprint density at radius 3 is 2.03 bits per heavy atom. The molecule has 0 aliphatic heterocycles. The Bertz CT molecular complexity index is 925. The van der Waals surface area contributed by atoms with Gasteiger partial charge in [0.15, 0.2) is 6.61 Å². The predicted molar refractivity (Wildman–Crippen MR) is 113 cm³/mol. The van der Waals surface area contributed by atoms with Crippen molar-refractivity contribution in [1.82, 2.24) is 10.6 Å². The van der Waals surface area contributed by atoms with Crippen LogP contribution in [0.15, 0.2) is 84.9 Å². The minimum atomic E-state index is -0.344. The monoisotopic (exact) mass is 388 g/mol. The van der Waals surface area contributed by atoms with Gasteiger partial charge >= 0.3 is 0 Å². The number of hydrogen-bond acceptors (Lipinski definition) is 3. The van der Waals surface area contributed by atoms with E-state index in [9.17, 15) is 9.59 Å². The van der Waals surface area contributed by atoms with Crippen molar-refractivity contribution in [1.29, 1.82) is 0 Å². The molecule has 0 saturated carbocycles. The number of ether oxygens (including phenoxy) is 1. The maximum Gasteiger partial charge on any atom is 0.258 e. The summed E-state index contributed by atoms with van der Waals surface area (Å²) in [7, 11) is 0. The van der Waals surface area contributed by atoms with E-state index in [1.165, 1.54) is 0 Å². The molecule has 0 spiro atoms. The molecule has 0 radical (unpaired) electrons. The molecular weight excluding hydrogens is 364 g/mol. The highest BCUT2D eigenvalue weighted by Gasteiger charge is 2.11. The van der Waals surface area contributed by atoms with Gasteiger partial charge in [0.2, 0.25) is 5.91 Å². The summed E-state index contributed by atoms with van der Waals surface area (Å²) >= 11 is 0. The minimum Gasteiger partial charge on any atom is -0.484 e. The van der Waals surface area contributed by atoms with Gasteiger partial charge in [-0.1, -0.05) is 72.8 Å². The smallest absolute Gasteiger partial charge is 0.258 e. The van der Waals surface area contributed by atoms with Crippen molar-refractivity contribution in [3.8, 4) is 16.9 Å². The van der Waals surface area contributed by atoms with Gasteiger partial charge in [-0.15, -0.1) is 0 Å². The molecule has 5 nitrogen and oxygen atoms in total. The molecule has 5 heteroatoms. The topological polar surface area (TPSA) is 67.4 Å². The number of benzene rings is 3. The van der Waals surface area contributed by atoms with Gasteiger partial charge in [0.1, 0.15) is 5.75 Å². The second kappa shape index (κ2) is 10.1. The predicted octanol–water partition coefficient (Wildman–Crippen LogP) is 3.73. The Kier molecular flexibility index (Phi) is 7.00. The number of rotatable bonds is 8. The fourth-order valence-corrected chi connectivity index (χ4v) is 2.87. The third-order valence-corrected chi connectivity index (χ3v) is 4.45. The summed E-state index contributed by atoms with van der Waals surface area (Å²) in [5.41, 5.74) is 3.27. The largest absolute Gasteiger partial charge is 0.484 e. The number of nitrogens with one attached hydrogen (secondary N) is 2. The van der Waals surface area contributed by atoms with Gasteiger partial charge in [-0.3, -0.25) is 9.59 Å². The lowest BCUT2D eigenvalue weighted by atomic mass is 10.0. The van der Waals surface area contributed by atoms with Crippen LogP contribution in [0, 0.1) is 0 Å². The SMILES string of the molecule is CC(NC(=O)CNC(=O)COc1ccccc1)c1ccc(-c2ccccc2)cc1. The van der Waals surface area contributed by atoms with Gasteiger partial charge in [0.25, 0.3) is 5.91 Å². The zero-order valence-corrected chi connectivity index (χ0v) is 16.3. The van der Waals surface area contributed by atoms with E-state index in [-0.39, 0.29) is 31.0 Å². The van der Waals surface area contributed by atoms with Crippen LogP contribution in [0.1, 0.15) is 18.5 Å². The molecule has 2 N–H and O–H groups in total. The molecule has 0 heterocycles. The molecule has 29 heavy (non-hydrogen) atoms. The van der Waals surface area contributed by atoms with Crippen molar-refractivity contribution < 1.29 is 14.3 Å². The Balaban J connectivity index is 1.43. The summed E-state index contributed by atoms with van der Waals surface area (Å²) in [5.74, 6) is 0.0150. The molecule has 0 aliphatic rings. The summed E-state index contributed by atoms with van der Waals surface area (Å²) in [6.07, 6.45) is 0. The lowest BCUT2D eigenvalue weighted by molar-refractivity contribution is -0.127. The number of carbonyl (C=O) groups is 2. The van der Waals surface area contributed by atoms with Crippen molar-refractivity contribution in [2.45, 2.75) is 13.0 Å². The van der Waals surface area contributed by atoms with Crippen LogP contribution in [0.5, 0.6) is 5.75 Å². The van der Waals surface area contributed by atoms with E-state index < -0.39 is 0 Å². The lowest BCUT2D eigenvalue weighted by Gasteiger charge is -2.15. The van der Waals surface area contributed by atoms with Crippen LogP contribution in [-0.4, -0.2) is 25.0 Å². The molecule has 1 unspecified atom stereocenters. The van der Waals surface area contributed by atoms with Crippen molar-refractivity contribution >= 4 is 11.8 Å². The van der Waals surface area contributed by atoms with Crippen LogP contribution >= 0.6 is 0 Å². The van der Waals surface area contributed by atoms with Gasteiger partial charge in [-0.25, -0.2) is 0 Å². The number of hydrogen-bond donors (Lipinski definition) is 2. The van der Waals surface area contributed by atoms with E-state index in [0.717, 1.165) is 16.7 Å². The zero-order chi connectivity index (χ0) is 20.5. The van der Waals surface area contributed by atoms with Crippen molar-refractivity contribution in [3.63, 3.8) is 0 Å². The van der Waals surface area contributed by atoms with Gasteiger partial charge in [0.05, 0.1) is 12.6 Å². The van der Waals surface area contributed by atoms with Crippen LogP contribution in [0.3, 0.4) is 0 Å². The summed E-state index contributed by atoms with van der Waals surface area (Å²) in [6.45, 7) is 1.69. The first kappa shape index (κ1) is 20.1. The summed E-state index contributed by atoms with van der Waals surface area (Å²) in [4.78, 5) is 24.0. The number of carbonyl (C=O) groups excluding carboxylic acids is 2. The molecular formula is C24H24N2O3. The lowest BCUT2D eigenvalue weighted by Crippen LogP contribution is -2.39. The van der Waals surface area contributed by atoms with Gasteiger partial charge in [0, 0.05) is 0 Å². The average Bonchev–Trinajstić information content (AvgIpc) is 2.77. The van der Waals surface area contributed by atoms with Gasteiger partial charge in [-0.2, -0.15) is 0 Å². The normalized spacial score (nSPS) is 11.3. The van der Waals surface area contributed by atoms with Crippen molar-refractivity contribution in [2.24, 2.45) is 0 Å². The standard InChI is InChI=1S/C24H24N2O3/c1-18(19-12-14-21(15-13-19)20-8-4-2-5-9-20)26-23(27)16-25-24(28)17-29-22-10-6-3-7-11-22/h2-15,18H,16-17H2,1H3,(H,25,28)(H,26,27). The molecule has 3 aromatic rings. The molecule has 0 bridgehead atoms. The molecule has 0 fully saturated rings. The second-order valence-corrected chi connectivity index (χ2v) is 6.66. The first-order valence-corrected chi connectivity index (χ1v) is 9.51. The molecule has 0 aromatic heterocycles. The Hall–Kier alpha value is -3.60. The average molecular weight is 388 g/mol. The minimum absolute atomic E-state index is 0.0938. The van der Waals surface area contributed by atoms with Crippen LogP contribution in [-0.2, 0) is 9.59 Å². The van der Waals surface area contributed by atoms with E-state index in [4.69, 9.17) is 4.74 Å². The summed E-state index contributed by atoms with van der Waals surface area (Å²) < 4.78 is 5.35. The molecule has 3 aromatic carbocycles. The molecule has 3 rings (SSSR count). The fourth-order valence-electron chi connectivity index (χ4n) is 2.87. The van der Waals surface area contributed by atoms with E-state index in [2.05, 4.69) is 22.8 Å². The Morgan fingerprint density at radius 2 is 1.38 bits per heavy atom.